The van der Waals surface area contributed by atoms with Crippen molar-refractivity contribution in [2.75, 3.05) is 6.26 Å². The van der Waals surface area contributed by atoms with Gasteiger partial charge in [-0.05, 0) is 36.6 Å². The largest absolute Gasteiger partial charge is 0.348 e. The summed E-state index contributed by atoms with van der Waals surface area (Å²) in [6.07, 6.45) is 2.14. The van der Waals surface area contributed by atoms with Gasteiger partial charge in [0.2, 0.25) is 5.91 Å². The average Bonchev–Trinajstić information content (AvgIpc) is 2.97. The van der Waals surface area contributed by atoms with Crippen LogP contribution < -0.4 is 5.32 Å². The predicted octanol–water partition coefficient (Wildman–Crippen LogP) is 3.02. The first-order valence-corrected chi connectivity index (χ1v) is 11.3. The van der Waals surface area contributed by atoms with Gasteiger partial charge in [-0.1, -0.05) is 43.3 Å². The van der Waals surface area contributed by atoms with E-state index in [0.29, 0.717) is 11.3 Å². The highest BCUT2D eigenvalue weighted by Crippen LogP contribution is 2.18. The second kappa shape index (κ2) is 8.14. The molecular formula is C21H25N3O3S. The summed E-state index contributed by atoms with van der Waals surface area (Å²) in [7, 11) is -3.27. The van der Waals surface area contributed by atoms with Crippen molar-refractivity contribution in [2.45, 2.75) is 38.6 Å². The number of benzene rings is 2. The molecule has 0 fully saturated rings. The van der Waals surface area contributed by atoms with E-state index in [4.69, 9.17) is 0 Å². The molecule has 6 nitrogen and oxygen atoms in total. The average molecular weight is 400 g/mol. The van der Waals surface area contributed by atoms with Gasteiger partial charge in [0.05, 0.1) is 17.1 Å². The van der Waals surface area contributed by atoms with E-state index in [2.05, 4.69) is 29.4 Å². The zero-order chi connectivity index (χ0) is 20.3. The highest BCUT2D eigenvalue weighted by molar-refractivity contribution is 7.89. The lowest BCUT2D eigenvalue weighted by atomic mass is 10.1. The number of imidazole rings is 1. The van der Waals surface area contributed by atoms with Crippen molar-refractivity contribution < 1.29 is 13.2 Å². The topological polar surface area (TPSA) is 81.1 Å². The lowest BCUT2D eigenvalue weighted by molar-refractivity contribution is -0.122. The molecule has 3 aromatic rings. The highest BCUT2D eigenvalue weighted by atomic mass is 32.2. The fraction of sp³-hybridized carbons (Fsp3) is 0.333. The molecule has 1 N–H and O–H groups in total. The first-order chi connectivity index (χ1) is 13.3. The molecule has 1 atom stereocenters. The molecular weight excluding hydrogens is 374 g/mol. The van der Waals surface area contributed by atoms with E-state index in [0.717, 1.165) is 17.5 Å². The Morgan fingerprint density at radius 3 is 2.46 bits per heavy atom. The van der Waals surface area contributed by atoms with Gasteiger partial charge in [0.25, 0.3) is 0 Å². The Hall–Kier alpha value is -2.67. The molecule has 0 saturated carbocycles. The number of carbonyl (C=O) groups excluding carboxylic acids is 1. The van der Waals surface area contributed by atoms with Gasteiger partial charge in [-0.15, -0.1) is 0 Å². The van der Waals surface area contributed by atoms with Crippen molar-refractivity contribution in [1.82, 2.24) is 14.9 Å². The molecule has 1 amide bonds. The zero-order valence-corrected chi connectivity index (χ0v) is 17.2. The normalized spacial score (nSPS) is 12.8. The number of para-hydroxylation sites is 2. The molecule has 0 bridgehead atoms. The first kappa shape index (κ1) is 20.1. The molecule has 0 aliphatic carbocycles. The van der Waals surface area contributed by atoms with E-state index in [1.54, 1.807) is 4.57 Å². The van der Waals surface area contributed by atoms with Crippen LogP contribution in [0.4, 0.5) is 0 Å². The van der Waals surface area contributed by atoms with Crippen molar-refractivity contribution in [3.63, 3.8) is 0 Å². The van der Waals surface area contributed by atoms with Gasteiger partial charge in [0.1, 0.15) is 18.1 Å². The number of aromatic nitrogens is 2. The van der Waals surface area contributed by atoms with Gasteiger partial charge in [0, 0.05) is 6.26 Å². The first-order valence-electron chi connectivity index (χ1n) is 9.27. The van der Waals surface area contributed by atoms with Gasteiger partial charge >= 0.3 is 0 Å². The molecule has 0 aliphatic heterocycles. The third-order valence-corrected chi connectivity index (χ3v) is 5.47. The summed E-state index contributed by atoms with van der Waals surface area (Å²) in [5.74, 6) is -0.0213. The third-order valence-electron chi connectivity index (χ3n) is 4.69. The summed E-state index contributed by atoms with van der Waals surface area (Å²) in [6, 6.07) is 15.4. The molecule has 2 aromatic carbocycles. The molecule has 148 valence electrons. The van der Waals surface area contributed by atoms with E-state index in [9.17, 15) is 13.2 Å². The maximum absolute atomic E-state index is 12.7. The zero-order valence-electron chi connectivity index (χ0n) is 16.3. The summed E-state index contributed by atoms with van der Waals surface area (Å²) in [4.78, 5) is 17.1. The molecule has 1 aromatic heterocycles. The minimum absolute atomic E-state index is 0.0166. The Labute approximate surface area is 165 Å². The van der Waals surface area contributed by atoms with Crippen LogP contribution >= 0.6 is 0 Å². The van der Waals surface area contributed by atoms with E-state index >= 15 is 0 Å². The van der Waals surface area contributed by atoms with Crippen LogP contribution in [0, 0.1) is 0 Å². The monoisotopic (exact) mass is 399 g/mol. The van der Waals surface area contributed by atoms with Crippen LogP contribution in [0.5, 0.6) is 0 Å². The molecule has 28 heavy (non-hydrogen) atoms. The Bertz CT molecular complexity index is 1090. The minimum Gasteiger partial charge on any atom is -0.348 e. The summed E-state index contributed by atoms with van der Waals surface area (Å²) in [5, 5.41) is 2.99. The van der Waals surface area contributed by atoms with E-state index < -0.39 is 9.84 Å². The molecule has 0 aliphatic rings. The quantitative estimate of drug-likeness (QED) is 0.662. The van der Waals surface area contributed by atoms with E-state index in [-0.39, 0.29) is 24.2 Å². The standard InChI is InChI=1S/C21H25N3O3S/c1-4-16-9-11-17(12-10-16)15(2)22-21(25)13-24-19-8-6-5-7-18(19)23-20(24)14-28(3,26)27/h5-12,15H,4,13-14H2,1-3H3,(H,22,25)/t15-/m1/s1. The number of nitrogens with one attached hydrogen (secondary N) is 1. The van der Waals surface area contributed by atoms with Gasteiger partial charge in [0.15, 0.2) is 9.84 Å². The Morgan fingerprint density at radius 2 is 1.82 bits per heavy atom. The van der Waals surface area contributed by atoms with Crippen molar-refractivity contribution in [2.24, 2.45) is 0 Å². The number of hydrogen-bond acceptors (Lipinski definition) is 4. The SMILES string of the molecule is CCc1ccc([C@@H](C)NC(=O)Cn2c(CS(C)(=O)=O)nc3ccccc32)cc1. The van der Waals surface area contributed by atoms with Crippen LogP contribution in [0.1, 0.15) is 36.8 Å². The molecule has 3 rings (SSSR count). The fourth-order valence-corrected chi connectivity index (χ4v) is 3.89. The second-order valence-electron chi connectivity index (χ2n) is 7.06. The van der Waals surface area contributed by atoms with Crippen molar-refractivity contribution in [1.29, 1.82) is 0 Å². The van der Waals surface area contributed by atoms with Crippen LogP contribution in [0.3, 0.4) is 0 Å². The lowest BCUT2D eigenvalue weighted by Crippen LogP contribution is -2.30. The van der Waals surface area contributed by atoms with E-state index in [1.807, 2.05) is 43.3 Å². The number of fused-ring (bicyclic) bond motifs is 1. The van der Waals surface area contributed by atoms with Crippen LogP contribution in [-0.4, -0.2) is 30.1 Å². The lowest BCUT2D eigenvalue weighted by Gasteiger charge is -2.16. The fourth-order valence-electron chi connectivity index (χ4n) is 3.20. The second-order valence-corrected chi connectivity index (χ2v) is 9.20. The Morgan fingerprint density at radius 1 is 1.14 bits per heavy atom. The van der Waals surface area contributed by atoms with Gasteiger partial charge in [-0.25, -0.2) is 13.4 Å². The molecule has 1 heterocycles. The van der Waals surface area contributed by atoms with Crippen LogP contribution in [0.2, 0.25) is 0 Å². The highest BCUT2D eigenvalue weighted by Gasteiger charge is 2.18. The Kier molecular flexibility index (Phi) is 5.84. The molecule has 0 saturated heterocycles. The molecule has 7 heteroatoms. The number of carbonyl (C=O) groups is 1. The molecule has 0 unspecified atom stereocenters. The van der Waals surface area contributed by atoms with Crippen LogP contribution in [0.15, 0.2) is 48.5 Å². The maximum atomic E-state index is 12.7. The van der Waals surface area contributed by atoms with Gasteiger partial charge < -0.3 is 9.88 Å². The number of amides is 1. The number of hydrogen-bond donors (Lipinski definition) is 1. The predicted molar refractivity (Wildman–Crippen MR) is 111 cm³/mol. The number of aryl methyl sites for hydroxylation is 1. The molecule has 0 radical (unpaired) electrons. The summed E-state index contributed by atoms with van der Waals surface area (Å²) in [5.41, 5.74) is 3.70. The summed E-state index contributed by atoms with van der Waals surface area (Å²) in [6.45, 7) is 4.05. The van der Waals surface area contributed by atoms with Gasteiger partial charge in [-0.2, -0.15) is 0 Å². The maximum Gasteiger partial charge on any atom is 0.240 e. The van der Waals surface area contributed by atoms with Crippen molar-refractivity contribution in [3.8, 4) is 0 Å². The third kappa shape index (κ3) is 4.78. The summed E-state index contributed by atoms with van der Waals surface area (Å²) >= 11 is 0. The van der Waals surface area contributed by atoms with Crippen molar-refractivity contribution in [3.05, 3.63) is 65.5 Å². The van der Waals surface area contributed by atoms with Crippen LogP contribution in [0.25, 0.3) is 11.0 Å². The van der Waals surface area contributed by atoms with Crippen molar-refractivity contribution >= 4 is 26.8 Å². The number of nitrogens with zero attached hydrogens (tertiary/aromatic N) is 2. The number of rotatable bonds is 7. The van der Waals surface area contributed by atoms with E-state index in [1.165, 1.54) is 11.8 Å². The minimum atomic E-state index is -3.27. The molecule has 0 spiro atoms. The number of sulfone groups is 1. The smallest absolute Gasteiger partial charge is 0.240 e. The van der Waals surface area contributed by atoms with Crippen LogP contribution in [-0.2, 0) is 33.4 Å². The summed E-state index contributed by atoms with van der Waals surface area (Å²) < 4.78 is 25.2. The Balaban J connectivity index is 1.80. The van der Waals surface area contributed by atoms with Gasteiger partial charge in [-0.3, -0.25) is 4.79 Å².